The zero-order chi connectivity index (χ0) is 14.7. The van der Waals surface area contributed by atoms with Gasteiger partial charge in [-0.2, -0.15) is 0 Å². The first-order valence-electron chi connectivity index (χ1n) is 6.50. The van der Waals surface area contributed by atoms with Gasteiger partial charge in [0.05, 0.1) is 6.54 Å². The molecule has 0 spiro atoms. The summed E-state index contributed by atoms with van der Waals surface area (Å²) < 4.78 is 2.24. The normalized spacial score (nSPS) is 10.6. The van der Waals surface area contributed by atoms with E-state index >= 15 is 0 Å². The molecule has 2 aromatic rings. The first kappa shape index (κ1) is 14.7. The van der Waals surface area contributed by atoms with Crippen molar-refractivity contribution in [3.63, 3.8) is 0 Å². The number of benzene rings is 1. The van der Waals surface area contributed by atoms with Crippen LogP contribution in [0.4, 0.5) is 0 Å². The van der Waals surface area contributed by atoms with Crippen molar-refractivity contribution in [2.24, 2.45) is 0 Å². The molecule has 0 aliphatic carbocycles. The van der Waals surface area contributed by atoms with Gasteiger partial charge in [-0.3, -0.25) is 9.59 Å². The smallest absolute Gasteiger partial charge is 0.253 e. The fourth-order valence-corrected chi connectivity index (χ4v) is 2.62. The summed E-state index contributed by atoms with van der Waals surface area (Å²) in [4.78, 5) is 24.2. The van der Waals surface area contributed by atoms with E-state index in [2.05, 4.69) is 22.9 Å². The zero-order valence-corrected chi connectivity index (χ0v) is 13.1. The zero-order valence-electron chi connectivity index (χ0n) is 11.5. The van der Waals surface area contributed by atoms with E-state index in [0.717, 1.165) is 10.9 Å². The van der Waals surface area contributed by atoms with Crippen LogP contribution in [0.3, 0.4) is 0 Å². The largest absolute Gasteiger partial charge is 0.306 e. The second-order valence-electron chi connectivity index (χ2n) is 4.75. The number of carbonyl (C=O) groups excluding carboxylic acids is 1. The molecule has 0 aliphatic rings. The first-order chi connectivity index (χ1) is 9.51. The van der Waals surface area contributed by atoms with E-state index in [1.54, 1.807) is 19.2 Å². The van der Waals surface area contributed by atoms with Crippen LogP contribution >= 0.6 is 15.9 Å². The molecule has 0 aliphatic heterocycles. The highest BCUT2D eigenvalue weighted by Crippen LogP contribution is 2.10. The van der Waals surface area contributed by atoms with Crippen LogP contribution in [0.15, 0.2) is 45.8 Å². The van der Waals surface area contributed by atoms with E-state index in [9.17, 15) is 9.59 Å². The summed E-state index contributed by atoms with van der Waals surface area (Å²) in [6.45, 7) is 3.87. The minimum absolute atomic E-state index is 0.0601. The monoisotopic (exact) mass is 333 g/mol. The quantitative estimate of drug-likeness (QED) is 0.804. The molecular formula is C16H16BrNO2. The highest BCUT2D eigenvalue weighted by molar-refractivity contribution is 9.10. The van der Waals surface area contributed by atoms with Crippen LogP contribution in [0.5, 0.6) is 0 Å². The third-order valence-electron chi connectivity index (χ3n) is 3.23. The van der Waals surface area contributed by atoms with Gasteiger partial charge in [0.1, 0.15) is 0 Å². The van der Waals surface area contributed by atoms with Crippen LogP contribution in [0.25, 0.3) is 0 Å². The second kappa shape index (κ2) is 6.18. The lowest BCUT2D eigenvalue weighted by molar-refractivity contribution is 0.0970. The molecule has 0 saturated heterocycles. The number of aromatic nitrogens is 1. The summed E-state index contributed by atoms with van der Waals surface area (Å²) in [5.74, 6) is -0.0627. The molecule has 1 aromatic heterocycles. The molecule has 0 fully saturated rings. The Hall–Kier alpha value is -1.68. The van der Waals surface area contributed by atoms with E-state index < -0.39 is 0 Å². The van der Waals surface area contributed by atoms with Gasteiger partial charge in [0, 0.05) is 21.8 Å². The summed E-state index contributed by atoms with van der Waals surface area (Å²) >= 11 is 3.34. The number of rotatable bonds is 4. The van der Waals surface area contributed by atoms with Crippen molar-refractivity contribution in [1.29, 1.82) is 0 Å². The van der Waals surface area contributed by atoms with E-state index in [-0.39, 0.29) is 17.9 Å². The minimum Gasteiger partial charge on any atom is -0.306 e. The maximum absolute atomic E-state index is 12.2. The molecule has 3 nitrogen and oxygen atoms in total. The van der Waals surface area contributed by atoms with Crippen LogP contribution in [-0.2, 0) is 13.0 Å². The van der Waals surface area contributed by atoms with Gasteiger partial charge in [0.2, 0.25) is 0 Å². The molecule has 2 rings (SSSR count). The average Bonchev–Trinajstić information content (AvgIpc) is 2.44. The Labute approximate surface area is 126 Å². The van der Waals surface area contributed by atoms with Gasteiger partial charge in [0.15, 0.2) is 5.78 Å². The highest BCUT2D eigenvalue weighted by Gasteiger charge is 2.09. The standard InChI is InChI=1S/C16H16BrNO2/c1-3-12-4-6-13(7-5-12)15(19)10-18-9-14(17)8-11(2)16(18)20/h4-9H,3,10H2,1-2H3. The minimum atomic E-state index is -0.133. The van der Waals surface area contributed by atoms with Gasteiger partial charge in [-0.25, -0.2) is 0 Å². The number of hydrogen-bond donors (Lipinski definition) is 0. The van der Waals surface area contributed by atoms with Crippen molar-refractivity contribution in [2.45, 2.75) is 26.8 Å². The lowest BCUT2D eigenvalue weighted by atomic mass is 10.1. The predicted octanol–water partition coefficient (Wildman–Crippen LogP) is 3.36. The number of pyridine rings is 1. The van der Waals surface area contributed by atoms with E-state index in [1.165, 1.54) is 10.1 Å². The Morgan fingerprint density at radius 2 is 1.90 bits per heavy atom. The second-order valence-corrected chi connectivity index (χ2v) is 5.66. The van der Waals surface area contributed by atoms with Crippen LogP contribution < -0.4 is 5.56 Å². The van der Waals surface area contributed by atoms with Gasteiger partial charge in [-0.1, -0.05) is 31.2 Å². The van der Waals surface area contributed by atoms with E-state index in [4.69, 9.17) is 0 Å². The average molecular weight is 334 g/mol. The number of carbonyl (C=O) groups is 1. The molecule has 1 aromatic carbocycles. The highest BCUT2D eigenvalue weighted by atomic mass is 79.9. The van der Waals surface area contributed by atoms with Crippen molar-refractivity contribution in [3.8, 4) is 0 Å². The van der Waals surface area contributed by atoms with Crippen LogP contribution in [-0.4, -0.2) is 10.4 Å². The van der Waals surface area contributed by atoms with Gasteiger partial charge in [0.25, 0.3) is 5.56 Å². The number of aryl methyl sites for hydroxylation is 2. The molecule has 1 heterocycles. The Bertz CT molecular complexity index is 687. The Kier molecular flexibility index (Phi) is 4.55. The lowest BCUT2D eigenvalue weighted by Crippen LogP contribution is -2.25. The first-order valence-corrected chi connectivity index (χ1v) is 7.29. The molecular weight excluding hydrogens is 318 g/mol. The topological polar surface area (TPSA) is 39.1 Å². The summed E-state index contributed by atoms with van der Waals surface area (Å²) in [6, 6.07) is 9.28. The van der Waals surface area contributed by atoms with Crippen molar-refractivity contribution in [1.82, 2.24) is 4.57 Å². The molecule has 0 saturated carbocycles. The summed E-state index contributed by atoms with van der Waals surface area (Å²) in [7, 11) is 0. The van der Waals surface area contributed by atoms with E-state index in [0.29, 0.717) is 11.1 Å². The lowest BCUT2D eigenvalue weighted by Gasteiger charge is -2.07. The fourth-order valence-electron chi connectivity index (χ4n) is 2.03. The van der Waals surface area contributed by atoms with Crippen molar-refractivity contribution in [3.05, 3.63) is 68.0 Å². The van der Waals surface area contributed by atoms with Gasteiger partial charge in [-0.05, 0) is 40.9 Å². The molecule has 0 N–H and O–H groups in total. The number of ketones is 1. The molecule has 0 radical (unpaired) electrons. The molecule has 4 heteroatoms. The number of halogens is 1. The molecule has 0 unspecified atom stereocenters. The maximum atomic E-state index is 12.2. The van der Waals surface area contributed by atoms with Crippen LogP contribution in [0.2, 0.25) is 0 Å². The number of hydrogen-bond acceptors (Lipinski definition) is 2. The molecule has 0 bridgehead atoms. The fraction of sp³-hybridized carbons (Fsp3) is 0.250. The Balaban J connectivity index is 2.25. The van der Waals surface area contributed by atoms with Crippen molar-refractivity contribution < 1.29 is 4.79 Å². The molecule has 0 atom stereocenters. The molecule has 20 heavy (non-hydrogen) atoms. The molecule has 104 valence electrons. The summed E-state index contributed by atoms with van der Waals surface area (Å²) in [5, 5.41) is 0. The summed E-state index contributed by atoms with van der Waals surface area (Å²) in [6.07, 6.45) is 2.59. The van der Waals surface area contributed by atoms with Gasteiger partial charge < -0.3 is 4.57 Å². The number of nitrogens with zero attached hydrogens (tertiary/aromatic N) is 1. The van der Waals surface area contributed by atoms with Gasteiger partial charge >= 0.3 is 0 Å². The van der Waals surface area contributed by atoms with Gasteiger partial charge in [-0.15, -0.1) is 0 Å². The molecule has 0 amide bonds. The predicted molar refractivity (Wildman–Crippen MR) is 83.3 cm³/mol. The third-order valence-corrected chi connectivity index (χ3v) is 3.66. The van der Waals surface area contributed by atoms with Crippen molar-refractivity contribution in [2.75, 3.05) is 0 Å². The number of Topliss-reactive ketones (excluding diaryl/α,β-unsaturated/α-hetero) is 1. The Morgan fingerprint density at radius 3 is 2.50 bits per heavy atom. The van der Waals surface area contributed by atoms with Crippen LogP contribution in [0.1, 0.15) is 28.4 Å². The van der Waals surface area contributed by atoms with Crippen molar-refractivity contribution >= 4 is 21.7 Å². The van der Waals surface area contributed by atoms with Crippen LogP contribution in [0, 0.1) is 6.92 Å². The third kappa shape index (κ3) is 3.25. The maximum Gasteiger partial charge on any atom is 0.253 e. The SMILES string of the molecule is CCc1ccc(C(=O)Cn2cc(Br)cc(C)c2=O)cc1. The summed E-state index contributed by atoms with van der Waals surface area (Å²) in [5.41, 5.74) is 2.31. The van der Waals surface area contributed by atoms with E-state index in [1.807, 2.05) is 24.3 Å². The Morgan fingerprint density at radius 1 is 1.25 bits per heavy atom.